The van der Waals surface area contributed by atoms with Gasteiger partial charge in [0.1, 0.15) is 6.54 Å². The molecule has 5 nitrogen and oxygen atoms in total. The standard InChI is InChI=1S/C12H13N3O2/c1-15(7-11(16)17)12-8-4-2-3-5-10(8)14-6-9(12)13/h2-6H,7,13H2,1H3,(H,16,17). The molecule has 1 heterocycles. The summed E-state index contributed by atoms with van der Waals surface area (Å²) in [7, 11) is 1.70. The summed E-state index contributed by atoms with van der Waals surface area (Å²) in [5.41, 5.74) is 7.85. The Bertz CT molecular complexity index is 569. The molecule has 0 aliphatic heterocycles. The number of rotatable bonds is 3. The van der Waals surface area contributed by atoms with Crippen LogP contribution < -0.4 is 10.6 Å². The van der Waals surface area contributed by atoms with Crippen molar-refractivity contribution in [3.63, 3.8) is 0 Å². The molecule has 3 N–H and O–H groups in total. The number of aliphatic carboxylic acids is 1. The van der Waals surface area contributed by atoms with E-state index in [1.165, 1.54) is 0 Å². The van der Waals surface area contributed by atoms with Crippen LogP contribution >= 0.6 is 0 Å². The Morgan fingerprint density at radius 2 is 2.18 bits per heavy atom. The van der Waals surface area contributed by atoms with Crippen LogP contribution in [-0.4, -0.2) is 29.7 Å². The van der Waals surface area contributed by atoms with E-state index in [0.717, 1.165) is 10.9 Å². The van der Waals surface area contributed by atoms with E-state index < -0.39 is 5.97 Å². The van der Waals surface area contributed by atoms with Crippen LogP contribution in [0.1, 0.15) is 0 Å². The summed E-state index contributed by atoms with van der Waals surface area (Å²) in [6, 6.07) is 7.51. The lowest BCUT2D eigenvalue weighted by Crippen LogP contribution is -2.26. The molecular formula is C12H13N3O2. The summed E-state index contributed by atoms with van der Waals surface area (Å²) in [6.45, 7) is -0.0990. The van der Waals surface area contributed by atoms with Crippen molar-refractivity contribution in [3.8, 4) is 0 Å². The molecule has 0 atom stereocenters. The van der Waals surface area contributed by atoms with Gasteiger partial charge in [-0.25, -0.2) is 0 Å². The molecule has 1 aromatic carbocycles. The molecule has 17 heavy (non-hydrogen) atoms. The summed E-state index contributed by atoms with van der Waals surface area (Å²) in [6.07, 6.45) is 1.55. The van der Waals surface area contributed by atoms with Gasteiger partial charge in [-0.2, -0.15) is 0 Å². The largest absolute Gasteiger partial charge is 0.480 e. The number of likely N-dealkylation sites (N-methyl/N-ethyl adjacent to an activating group) is 1. The van der Waals surface area contributed by atoms with Crippen LogP contribution in [0.5, 0.6) is 0 Å². The number of carboxylic acid groups (broad SMARTS) is 1. The van der Waals surface area contributed by atoms with E-state index in [2.05, 4.69) is 4.98 Å². The van der Waals surface area contributed by atoms with Crippen molar-refractivity contribution >= 4 is 28.2 Å². The number of hydrogen-bond acceptors (Lipinski definition) is 4. The third-order valence-corrected chi connectivity index (χ3v) is 2.53. The van der Waals surface area contributed by atoms with Crippen molar-refractivity contribution in [2.24, 2.45) is 0 Å². The fraction of sp³-hybridized carbons (Fsp3) is 0.167. The molecular weight excluding hydrogens is 218 g/mol. The molecule has 0 spiro atoms. The fourth-order valence-corrected chi connectivity index (χ4v) is 1.85. The molecule has 0 amide bonds. The maximum atomic E-state index is 10.7. The monoisotopic (exact) mass is 231 g/mol. The molecule has 0 fully saturated rings. The van der Waals surface area contributed by atoms with Crippen LogP contribution in [0.25, 0.3) is 10.9 Å². The molecule has 2 aromatic rings. The minimum Gasteiger partial charge on any atom is -0.480 e. The summed E-state index contributed by atoms with van der Waals surface area (Å²) >= 11 is 0. The molecule has 2 rings (SSSR count). The number of nitrogens with zero attached hydrogens (tertiary/aromatic N) is 2. The summed E-state index contributed by atoms with van der Waals surface area (Å²) < 4.78 is 0. The van der Waals surface area contributed by atoms with Crippen LogP contribution in [0.4, 0.5) is 11.4 Å². The number of benzene rings is 1. The number of para-hydroxylation sites is 1. The molecule has 0 bridgehead atoms. The highest BCUT2D eigenvalue weighted by Gasteiger charge is 2.13. The summed E-state index contributed by atoms with van der Waals surface area (Å²) in [4.78, 5) is 16.5. The molecule has 0 aliphatic rings. The summed E-state index contributed by atoms with van der Waals surface area (Å²) in [5.74, 6) is -0.896. The van der Waals surface area contributed by atoms with Crippen LogP contribution in [0.3, 0.4) is 0 Å². The SMILES string of the molecule is CN(CC(=O)O)c1c(N)cnc2ccccc12. The van der Waals surface area contributed by atoms with E-state index in [1.807, 2.05) is 24.3 Å². The Hall–Kier alpha value is -2.30. The zero-order chi connectivity index (χ0) is 12.4. The van der Waals surface area contributed by atoms with E-state index >= 15 is 0 Å². The van der Waals surface area contributed by atoms with Gasteiger partial charge in [0.2, 0.25) is 0 Å². The van der Waals surface area contributed by atoms with Gasteiger partial charge < -0.3 is 15.7 Å². The van der Waals surface area contributed by atoms with E-state index in [0.29, 0.717) is 11.4 Å². The van der Waals surface area contributed by atoms with Crippen molar-refractivity contribution in [1.82, 2.24) is 4.98 Å². The first-order chi connectivity index (χ1) is 8.09. The number of carbonyl (C=O) groups is 1. The third kappa shape index (κ3) is 2.13. The zero-order valence-electron chi connectivity index (χ0n) is 9.42. The van der Waals surface area contributed by atoms with E-state index in [4.69, 9.17) is 10.8 Å². The lowest BCUT2D eigenvalue weighted by Gasteiger charge is -2.20. The van der Waals surface area contributed by atoms with Gasteiger partial charge >= 0.3 is 5.97 Å². The van der Waals surface area contributed by atoms with Crippen molar-refractivity contribution in [1.29, 1.82) is 0 Å². The van der Waals surface area contributed by atoms with Gasteiger partial charge in [-0.05, 0) is 6.07 Å². The van der Waals surface area contributed by atoms with Gasteiger partial charge in [0.15, 0.2) is 0 Å². The van der Waals surface area contributed by atoms with Crippen LogP contribution in [0.15, 0.2) is 30.5 Å². The van der Waals surface area contributed by atoms with Gasteiger partial charge in [0.05, 0.1) is 23.1 Å². The molecule has 0 saturated carbocycles. The van der Waals surface area contributed by atoms with E-state index in [9.17, 15) is 4.79 Å². The number of anilines is 2. The van der Waals surface area contributed by atoms with Crippen LogP contribution in [-0.2, 0) is 4.79 Å². The Morgan fingerprint density at radius 1 is 1.47 bits per heavy atom. The van der Waals surface area contributed by atoms with Crippen molar-refractivity contribution in [3.05, 3.63) is 30.5 Å². The highest BCUT2D eigenvalue weighted by atomic mass is 16.4. The molecule has 0 unspecified atom stereocenters. The zero-order valence-corrected chi connectivity index (χ0v) is 9.42. The molecule has 0 saturated heterocycles. The van der Waals surface area contributed by atoms with Crippen LogP contribution in [0, 0.1) is 0 Å². The average molecular weight is 231 g/mol. The van der Waals surface area contributed by atoms with Crippen LogP contribution in [0.2, 0.25) is 0 Å². The number of fused-ring (bicyclic) bond motifs is 1. The van der Waals surface area contributed by atoms with E-state index in [1.54, 1.807) is 18.1 Å². The highest BCUT2D eigenvalue weighted by Crippen LogP contribution is 2.30. The quantitative estimate of drug-likeness (QED) is 0.833. The van der Waals surface area contributed by atoms with Crippen molar-refractivity contribution < 1.29 is 9.90 Å². The van der Waals surface area contributed by atoms with Gasteiger partial charge in [-0.3, -0.25) is 9.78 Å². The maximum absolute atomic E-state index is 10.7. The minimum atomic E-state index is -0.896. The molecule has 1 aromatic heterocycles. The van der Waals surface area contributed by atoms with E-state index in [-0.39, 0.29) is 6.54 Å². The summed E-state index contributed by atoms with van der Waals surface area (Å²) in [5, 5.41) is 9.67. The molecule has 5 heteroatoms. The topological polar surface area (TPSA) is 79.5 Å². The first-order valence-corrected chi connectivity index (χ1v) is 5.15. The molecule has 0 radical (unpaired) electrons. The number of carboxylic acids is 1. The third-order valence-electron chi connectivity index (χ3n) is 2.53. The Labute approximate surface area is 98.5 Å². The number of aromatic nitrogens is 1. The first kappa shape index (κ1) is 11.2. The number of hydrogen-bond donors (Lipinski definition) is 2. The van der Waals surface area contributed by atoms with Gasteiger partial charge in [-0.1, -0.05) is 18.2 Å². The first-order valence-electron chi connectivity index (χ1n) is 5.15. The molecule has 0 aliphatic carbocycles. The fourth-order valence-electron chi connectivity index (χ4n) is 1.85. The van der Waals surface area contributed by atoms with Crippen molar-refractivity contribution in [2.75, 3.05) is 24.2 Å². The second-order valence-electron chi connectivity index (χ2n) is 3.83. The van der Waals surface area contributed by atoms with Gasteiger partial charge in [0, 0.05) is 12.4 Å². The second kappa shape index (κ2) is 4.29. The Kier molecular flexibility index (Phi) is 2.82. The maximum Gasteiger partial charge on any atom is 0.323 e. The Morgan fingerprint density at radius 3 is 2.88 bits per heavy atom. The smallest absolute Gasteiger partial charge is 0.323 e. The number of pyridine rings is 1. The normalized spacial score (nSPS) is 10.4. The van der Waals surface area contributed by atoms with Gasteiger partial charge in [0.25, 0.3) is 0 Å². The predicted octanol–water partition coefficient (Wildman–Crippen LogP) is 1.34. The molecule has 88 valence electrons. The number of nitrogens with two attached hydrogens (primary N) is 1. The van der Waals surface area contributed by atoms with Gasteiger partial charge in [-0.15, -0.1) is 0 Å². The lowest BCUT2D eigenvalue weighted by molar-refractivity contribution is -0.135. The minimum absolute atomic E-state index is 0.0990. The van der Waals surface area contributed by atoms with Crippen molar-refractivity contribution in [2.45, 2.75) is 0 Å². The average Bonchev–Trinajstić information content (AvgIpc) is 2.27. The lowest BCUT2D eigenvalue weighted by atomic mass is 10.1. The number of nitrogen functional groups attached to an aromatic ring is 1. The predicted molar refractivity (Wildman–Crippen MR) is 67.1 cm³/mol. The Balaban J connectivity index is 2.58. The second-order valence-corrected chi connectivity index (χ2v) is 3.83. The highest BCUT2D eigenvalue weighted by molar-refractivity contribution is 5.98.